The molecular formula is C29H26ClN3O4. The molecule has 6 rings (SSSR count). The lowest BCUT2D eigenvalue weighted by atomic mass is 9.65. The summed E-state index contributed by atoms with van der Waals surface area (Å²) in [4.78, 5) is 33.6. The molecule has 37 heavy (non-hydrogen) atoms. The van der Waals surface area contributed by atoms with Gasteiger partial charge in [-0.3, -0.25) is 9.59 Å². The summed E-state index contributed by atoms with van der Waals surface area (Å²) >= 11 is 5.92. The molecule has 0 spiro atoms. The Morgan fingerprint density at radius 3 is 2.70 bits per heavy atom. The summed E-state index contributed by atoms with van der Waals surface area (Å²) in [6, 6.07) is 16.9. The molecule has 1 amide bonds. The number of Topliss-reactive ketones (excluding diaryl/α,β-unsaturated/α-hetero) is 1. The lowest BCUT2D eigenvalue weighted by Crippen LogP contribution is -2.48. The largest absolute Gasteiger partial charge is 0.478 e. The Labute approximate surface area is 219 Å². The summed E-state index contributed by atoms with van der Waals surface area (Å²) in [5.74, 6) is -0.205. The molecule has 8 heteroatoms. The van der Waals surface area contributed by atoms with Crippen LogP contribution in [0, 0.1) is 23.2 Å². The van der Waals surface area contributed by atoms with Crippen LogP contribution in [0.5, 0.6) is 5.88 Å². The Bertz CT molecular complexity index is 1450. The molecule has 0 N–H and O–H groups in total. The zero-order chi connectivity index (χ0) is 25.8. The number of amides is 1. The van der Waals surface area contributed by atoms with Crippen LogP contribution in [0.2, 0.25) is 5.02 Å². The molecule has 2 aromatic carbocycles. The number of carbonyl (C=O) groups excluding carboxylic acids is 2. The number of benzene rings is 2. The highest BCUT2D eigenvalue weighted by Gasteiger charge is 2.75. The Hall–Kier alpha value is -3.47. The van der Waals surface area contributed by atoms with Crippen LogP contribution in [0.4, 0.5) is 5.69 Å². The lowest BCUT2D eigenvalue weighted by Gasteiger charge is -2.31. The molecule has 3 aliphatic rings. The minimum Gasteiger partial charge on any atom is -0.478 e. The average Bonchev–Trinajstić information content (AvgIpc) is 3.49. The fraction of sp³-hybridized carbons (Fsp3) is 0.379. The Balaban J connectivity index is 1.35. The number of halogens is 1. The van der Waals surface area contributed by atoms with E-state index in [1.165, 1.54) is 6.20 Å². The van der Waals surface area contributed by atoms with Crippen molar-refractivity contribution in [3.63, 3.8) is 0 Å². The highest BCUT2D eigenvalue weighted by Crippen LogP contribution is 2.62. The van der Waals surface area contributed by atoms with Crippen LogP contribution in [0.3, 0.4) is 0 Å². The fourth-order valence-corrected chi connectivity index (χ4v) is 6.87. The van der Waals surface area contributed by atoms with Gasteiger partial charge in [-0.05, 0) is 24.6 Å². The number of carbonyl (C=O) groups is 2. The number of ketones is 1. The highest BCUT2D eigenvalue weighted by atomic mass is 35.5. The standard InChI is InChI=1S/C29H26ClN3O4/c1-2-11-28-14-24(34)29(37-28,12-13-36-25-10-8-19(30)16-32-25)22-17-33(27(35)26(22)28)23-9-7-18(15-31)20-5-3-4-6-21(20)23/h3-10,16,22,26H,2,11-14,17H2,1H3/t22-,26-,28-,29-/m1/s1. The summed E-state index contributed by atoms with van der Waals surface area (Å²) in [5, 5.41) is 11.8. The molecule has 1 aromatic heterocycles. The van der Waals surface area contributed by atoms with Crippen molar-refractivity contribution < 1.29 is 19.1 Å². The zero-order valence-electron chi connectivity index (χ0n) is 20.4. The summed E-state index contributed by atoms with van der Waals surface area (Å²) in [7, 11) is 0. The van der Waals surface area contributed by atoms with Gasteiger partial charge in [-0.25, -0.2) is 4.98 Å². The van der Waals surface area contributed by atoms with E-state index in [9.17, 15) is 14.9 Å². The van der Waals surface area contributed by atoms with Gasteiger partial charge in [0.15, 0.2) is 5.78 Å². The number of ether oxygens (including phenoxy) is 2. The maximum absolute atomic E-state index is 14.0. The van der Waals surface area contributed by atoms with Gasteiger partial charge in [-0.15, -0.1) is 0 Å². The molecule has 3 saturated heterocycles. The van der Waals surface area contributed by atoms with Crippen LogP contribution in [0.1, 0.15) is 38.2 Å². The van der Waals surface area contributed by atoms with Crippen LogP contribution in [0.25, 0.3) is 10.8 Å². The number of pyridine rings is 1. The van der Waals surface area contributed by atoms with Gasteiger partial charge in [-0.1, -0.05) is 49.2 Å². The van der Waals surface area contributed by atoms with Crippen LogP contribution < -0.4 is 9.64 Å². The summed E-state index contributed by atoms with van der Waals surface area (Å²) in [6.45, 7) is 2.67. The fourth-order valence-electron chi connectivity index (χ4n) is 6.76. The van der Waals surface area contributed by atoms with Crippen molar-refractivity contribution in [1.82, 2.24) is 4.98 Å². The van der Waals surface area contributed by atoms with Gasteiger partial charge in [-0.2, -0.15) is 5.26 Å². The summed E-state index contributed by atoms with van der Waals surface area (Å²) in [5.41, 5.74) is -0.525. The maximum atomic E-state index is 14.0. The molecule has 0 unspecified atom stereocenters. The molecule has 4 atom stereocenters. The first kappa shape index (κ1) is 23.9. The van der Waals surface area contributed by atoms with E-state index in [4.69, 9.17) is 21.1 Å². The van der Waals surface area contributed by atoms with Crippen LogP contribution >= 0.6 is 11.6 Å². The van der Waals surface area contributed by atoms with E-state index in [1.54, 1.807) is 23.1 Å². The number of anilines is 1. The van der Waals surface area contributed by atoms with Crippen LogP contribution in [0.15, 0.2) is 54.7 Å². The average molecular weight is 516 g/mol. The molecule has 3 fully saturated rings. The first-order chi connectivity index (χ1) is 17.9. The minimum absolute atomic E-state index is 0.0111. The summed E-state index contributed by atoms with van der Waals surface area (Å²) < 4.78 is 12.5. The van der Waals surface area contributed by atoms with Gasteiger partial charge < -0.3 is 14.4 Å². The first-order valence-corrected chi connectivity index (χ1v) is 13.0. The highest BCUT2D eigenvalue weighted by molar-refractivity contribution is 6.30. The van der Waals surface area contributed by atoms with Crippen molar-refractivity contribution in [1.29, 1.82) is 5.26 Å². The molecule has 3 aromatic rings. The van der Waals surface area contributed by atoms with Gasteiger partial charge in [0.05, 0.1) is 40.5 Å². The molecule has 0 saturated carbocycles. The SMILES string of the molecule is CCC[C@]12CC(=O)[C@](CCOc3ccc(Cl)cn3)(O1)[C@@H]1CN(c3ccc(C#N)c4ccccc34)C(=O)[C@@H]12. The van der Waals surface area contributed by atoms with E-state index in [1.807, 2.05) is 30.3 Å². The third-order valence-electron chi connectivity index (χ3n) is 8.21. The van der Waals surface area contributed by atoms with Crippen molar-refractivity contribution in [3.05, 3.63) is 65.3 Å². The Kier molecular flexibility index (Phi) is 5.70. The van der Waals surface area contributed by atoms with Gasteiger partial charge >= 0.3 is 0 Å². The monoisotopic (exact) mass is 515 g/mol. The second kappa shape index (κ2) is 8.83. The number of aromatic nitrogens is 1. The molecule has 0 radical (unpaired) electrons. The lowest BCUT2D eigenvalue weighted by molar-refractivity contribution is -0.137. The van der Waals surface area contributed by atoms with Crippen LogP contribution in [-0.2, 0) is 14.3 Å². The van der Waals surface area contributed by atoms with Gasteiger partial charge in [0.1, 0.15) is 5.60 Å². The van der Waals surface area contributed by atoms with Gasteiger partial charge in [0, 0.05) is 48.3 Å². The van der Waals surface area contributed by atoms with E-state index < -0.39 is 17.1 Å². The van der Waals surface area contributed by atoms with E-state index >= 15 is 0 Å². The quantitative estimate of drug-likeness (QED) is 0.435. The molecule has 7 nitrogen and oxygen atoms in total. The molecule has 3 aliphatic heterocycles. The predicted molar refractivity (Wildman–Crippen MR) is 138 cm³/mol. The number of hydrogen-bond acceptors (Lipinski definition) is 6. The number of fused-ring (bicyclic) bond motifs is 6. The third-order valence-corrected chi connectivity index (χ3v) is 8.43. The first-order valence-electron chi connectivity index (χ1n) is 12.6. The molecule has 0 aliphatic carbocycles. The number of rotatable bonds is 7. The van der Waals surface area contributed by atoms with Crippen molar-refractivity contribution in [2.24, 2.45) is 11.8 Å². The minimum atomic E-state index is -1.07. The van der Waals surface area contributed by atoms with Crippen molar-refractivity contribution in [2.75, 3.05) is 18.1 Å². The third kappa shape index (κ3) is 3.54. The molecule has 188 valence electrons. The molecule has 4 heterocycles. The van der Waals surface area contributed by atoms with E-state index in [0.717, 1.165) is 22.9 Å². The zero-order valence-corrected chi connectivity index (χ0v) is 21.2. The van der Waals surface area contributed by atoms with E-state index in [2.05, 4.69) is 18.0 Å². The maximum Gasteiger partial charge on any atom is 0.233 e. The molecule has 2 bridgehead atoms. The summed E-state index contributed by atoms with van der Waals surface area (Å²) in [6.07, 6.45) is 3.56. The topological polar surface area (TPSA) is 92.5 Å². The van der Waals surface area contributed by atoms with E-state index in [-0.39, 0.29) is 30.6 Å². The Morgan fingerprint density at radius 2 is 1.97 bits per heavy atom. The molecular weight excluding hydrogens is 490 g/mol. The smallest absolute Gasteiger partial charge is 0.233 e. The van der Waals surface area contributed by atoms with Gasteiger partial charge in [0.25, 0.3) is 0 Å². The normalized spacial score (nSPS) is 28.1. The van der Waals surface area contributed by atoms with Gasteiger partial charge in [0.2, 0.25) is 11.8 Å². The number of nitriles is 1. The number of hydrogen-bond donors (Lipinski definition) is 0. The number of nitrogens with zero attached hydrogens (tertiary/aromatic N) is 3. The van der Waals surface area contributed by atoms with Crippen molar-refractivity contribution >= 4 is 39.8 Å². The van der Waals surface area contributed by atoms with Crippen LogP contribution in [-0.4, -0.2) is 41.0 Å². The van der Waals surface area contributed by atoms with E-state index in [0.29, 0.717) is 35.9 Å². The van der Waals surface area contributed by atoms with Crippen molar-refractivity contribution in [2.45, 2.75) is 43.8 Å². The predicted octanol–water partition coefficient (Wildman–Crippen LogP) is 5.09. The second-order valence-corrected chi connectivity index (χ2v) is 10.6. The Morgan fingerprint density at radius 1 is 1.16 bits per heavy atom. The van der Waals surface area contributed by atoms with Crippen molar-refractivity contribution in [3.8, 4) is 11.9 Å². The second-order valence-electron chi connectivity index (χ2n) is 10.1.